The molecule has 0 aliphatic carbocycles. The molecule has 1 aliphatic heterocycles. The minimum absolute atomic E-state index is 0.131. The fraction of sp³-hybridized carbons (Fsp3) is 0.467. The van der Waals surface area contributed by atoms with Crippen LogP contribution in [0.4, 0.5) is 10.1 Å². The zero-order valence-corrected chi connectivity index (χ0v) is 11.8. The summed E-state index contributed by atoms with van der Waals surface area (Å²) in [4.78, 5) is 5.14. The van der Waals surface area contributed by atoms with E-state index in [0.717, 1.165) is 22.2 Å². The number of aromatic amines is 1. The molecule has 2 atom stereocenters. The topological polar surface area (TPSA) is 65.3 Å². The van der Waals surface area contributed by atoms with E-state index < -0.39 is 6.10 Å². The zero-order chi connectivity index (χ0) is 14.4. The van der Waals surface area contributed by atoms with E-state index in [-0.39, 0.29) is 11.9 Å². The maximum atomic E-state index is 14.4. The standard InChI is InChI=1S/C15H20FN3O/c1-8-9(2)18-13-4-3-12(16)15(14(8)13)19-6-10(17)5-11(20)7-19/h3-4,10-11,18,20H,5-7,17H2,1-2H3/t10-,11-/m0/s1. The van der Waals surface area contributed by atoms with Gasteiger partial charge in [0, 0.05) is 35.7 Å². The number of aryl methyl sites for hydroxylation is 2. The number of aliphatic hydroxyl groups is 1. The van der Waals surface area contributed by atoms with E-state index in [4.69, 9.17) is 5.73 Å². The van der Waals surface area contributed by atoms with Gasteiger partial charge >= 0.3 is 0 Å². The summed E-state index contributed by atoms with van der Waals surface area (Å²) in [5, 5.41) is 10.8. The highest BCUT2D eigenvalue weighted by Gasteiger charge is 2.27. The van der Waals surface area contributed by atoms with E-state index in [0.29, 0.717) is 25.2 Å². The zero-order valence-electron chi connectivity index (χ0n) is 11.8. The van der Waals surface area contributed by atoms with Crippen LogP contribution in [0.25, 0.3) is 10.9 Å². The Bertz CT molecular complexity index is 642. The average Bonchev–Trinajstić information content (AvgIpc) is 2.65. The molecule has 4 N–H and O–H groups in total. The molecule has 0 spiro atoms. The van der Waals surface area contributed by atoms with E-state index in [2.05, 4.69) is 4.98 Å². The van der Waals surface area contributed by atoms with Crippen molar-refractivity contribution in [3.05, 3.63) is 29.2 Å². The van der Waals surface area contributed by atoms with Crippen molar-refractivity contribution in [2.24, 2.45) is 5.73 Å². The van der Waals surface area contributed by atoms with E-state index >= 15 is 0 Å². The molecule has 1 fully saturated rings. The third-order valence-electron chi connectivity index (χ3n) is 4.17. The quantitative estimate of drug-likeness (QED) is 0.745. The minimum atomic E-state index is -0.506. The highest BCUT2D eigenvalue weighted by molar-refractivity contribution is 5.96. The summed E-state index contributed by atoms with van der Waals surface area (Å²) in [7, 11) is 0. The lowest BCUT2D eigenvalue weighted by atomic mass is 10.0. The number of nitrogens with zero attached hydrogens (tertiary/aromatic N) is 1. The number of halogens is 1. The van der Waals surface area contributed by atoms with Gasteiger partial charge in [0.15, 0.2) is 0 Å². The van der Waals surface area contributed by atoms with Crippen molar-refractivity contribution in [2.75, 3.05) is 18.0 Å². The molecule has 2 heterocycles. The fourth-order valence-corrected chi connectivity index (χ4v) is 3.14. The van der Waals surface area contributed by atoms with Gasteiger partial charge in [0.25, 0.3) is 0 Å². The first-order chi connectivity index (χ1) is 9.47. The molecule has 0 bridgehead atoms. The van der Waals surface area contributed by atoms with Gasteiger partial charge < -0.3 is 20.7 Å². The Morgan fingerprint density at radius 2 is 2.10 bits per heavy atom. The molecule has 0 radical (unpaired) electrons. The maximum Gasteiger partial charge on any atom is 0.147 e. The molecule has 0 amide bonds. The van der Waals surface area contributed by atoms with Gasteiger partial charge in [0.05, 0.1) is 11.8 Å². The average molecular weight is 277 g/mol. The third kappa shape index (κ3) is 2.07. The first kappa shape index (κ1) is 13.4. The van der Waals surface area contributed by atoms with Crippen molar-refractivity contribution in [3.8, 4) is 0 Å². The number of β-amino-alcohol motifs (C(OH)–C–C–N with tert-alkyl or cyclic N) is 1. The molecule has 1 saturated heterocycles. The SMILES string of the molecule is Cc1[nH]c2ccc(F)c(N3C[C@@H](N)C[C@H](O)C3)c2c1C. The van der Waals surface area contributed by atoms with Gasteiger partial charge in [-0.05, 0) is 38.0 Å². The second kappa shape index (κ2) is 4.75. The van der Waals surface area contributed by atoms with Crippen molar-refractivity contribution >= 4 is 16.6 Å². The number of aliphatic hydroxyl groups excluding tert-OH is 1. The summed E-state index contributed by atoms with van der Waals surface area (Å²) < 4.78 is 14.4. The molecule has 2 aromatic rings. The predicted molar refractivity (Wildman–Crippen MR) is 78.5 cm³/mol. The van der Waals surface area contributed by atoms with Crippen LogP contribution in [-0.2, 0) is 0 Å². The van der Waals surface area contributed by atoms with Gasteiger partial charge in [0.1, 0.15) is 5.82 Å². The molecule has 1 aromatic carbocycles. The Labute approximate surface area is 117 Å². The molecule has 1 aliphatic rings. The van der Waals surface area contributed by atoms with E-state index in [1.807, 2.05) is 18.7 Å². The maximum absolute atomic E-state index is 14.4. The second-order valence-corrected chi connectivity index (χ2v) is 5.75. The van der Waals surface area contributed by atoms with Crippen LogP contribution >= 0.6 is 0 Å². The lowest BCUT2D eigenvalue weighted by molar-refractivity contribution is 0.145. The van der Waals surface area contributed by atoms with E-state index in [9.17, 15) is 9.50 Å². The Hall–Kier alpha value is -1.59. The first-order valence-electron chi connectivity index (χ1n) is 6.93. The highest BCUT2D eigenvalue weighted by Crippen LogP contribution is 2.35. The van der Waals surface area contributed by atoms with Crippen molar-refractivity contribution in [2.45, 2.75) is 32.4 Å². The Morgan fingerprint density at radius 3 is 2.80 bits per heavy atom. The van der Waals surface area contributed by atoms with Crippen LogP contribution in [0, 0.1) is 19.7 Å². The molecule has 4 nitrogen and oxygen atoms in total. The fourth-order valence-electron chi connectivity index (χ4n) is 3.14. The number of hydrogen-bond acceptors (Lipinski definition) is 3. The summed E-state index contributed by atoms with van der Waals surface area (Å²) in [5.74, 6) is -0.263. The monoisotopic (exact) mass is 277 g/mol. The highest BCUT2D eigenvalue weighted by atomic mass is 19.1. The van der Waals surface area contributed by atoms with Crippen molar-refractivity contribution in [1.82, 2.24) is 4.98 Å². The van der Waals surface area contributed by atoms with Crippen LogP contribution in [0.5, 0.6) is 0 Å². The number of nitrogens with two attached hydrogens (primary N) is 1. The Morgan fingerprint density at radius 1 is 1.35 bits per heavy atom. The molecular formula is C15H20FN3O. The van der Waals surface area contributed by atoms with Gasteiger partial charge in [-0.2, -0.15) is 0 Å². The first-order valence-corrected chi connectivity index (χ1v) is 6.93. The van der Waals surface area contributed by atoms with E-state index in [1.165, 1.54) is 6.07 Å². The lowest BCUT2D eigenvalue weighted by Gasteiger charge is -2.36. The molecule has 5 heteroatoms. The molecule has 108 valence electrons. The minimum Gasteiger partial charge on any atom is -0.391 e. The predicted octanol–water partition coefficient (Wildman–Crippen LogP) is 1.82. The van der Waals surface area contributed by atoms with Crippen LogP contribution in [-0.4, -0.2) is 35.3 Å². The number of fused-ring (bicyclic) bond motifs is 1. The summed E-state index contributed by atoms with van der Waals surface area (Å²) in [6.45, 7) is 4.95. The summed E-state index contributed by atoms with van der Waals surface area (Å²) >= 11 is 0. The van der Waals surface area contributed by atoms with Crippen molar-refractivity contribution < 1.29 is 9.50 Å². The summed E-state index contributed by atoms with van der Waals surface area (Å²) in [6.07, 6.45) is 0.0629. The Balaban J connectivity index is 2.16. The van der Waals surface area contributed by atoms with E-state index in [1.54, 1.807) is 6.07 Å². The number of nitrogens with one attached hydrogen (secondary N) is 1. The van der Waals surface area contributed by atoms with Crippen LogP contribution < -0.4 is 10.6 Å². The molecule has 1 aromatic heterocycles. The molecular weight excluding hydrogens is 257 g/mol. The number of hydrogen-bond donors (Lipinski definition) is 3. The van der Waals surface area contributed by atoms with Gasteiger partial charge in [-0.3, -0.25) is 0 Å². The summed E-state index contributed by atoms with van der Waals surface area (Å²) in [5.41, 5.74) is 9.51. The molecule has 3 rings (SSSR count). The van der Waals surface area contributed by atoms with Gasteiger partial charge in [0.2, 0.25) is 0 Å². The van der Waals surface area contributed by atoms with Gasteiger partial charge in [-0.15, -0.1) is 0 Å². The normalized spacial score (nSPS) is 23.6. The van der Waals surface area contributed by atoms with Gasteiger partial charge in [-0.1, -0.05) is 0 Å². The molecule has 20 heavy (non-hydrogen) atoms. The van der Waals surface area contributed by atoms with Crippen molar-refractivity contribution in [3.63, 3.8) is 0 Å². The molecule has 0 unspecified atom stereocenters. The van der Waals surface area contributed by atoms with Crippen LogP contribution in [0.3, 0.4) is 0 Å². The van der Waals surface area contributed by atoms with Crippen molar-refractivity contribution in [1.29, 1.82) is 0 Å². The lowest BCUT2D eigenvalue weighted by Crippen LogP contribution is -2.49. The number of benzene rings is 1. The third-order valence-corrected chi connectivity index (χ3v) is 4.17. The second-order valence-electron chi connectivity index (χ2n) is 5.75. The van der Waals surface area contributed by atoms with Crippen LogP contribution in [0.15, 0.2) is 12.1 Å². The van der Waals surface area contributed by atoms with Crippen LogP contribution in [0.1, 0.15) is 17.7 Å². The summed E-state index contributed by atoms with van der Waals surface area (Å²) in [6, 6.07) is 3.10. The smallest absolute Gasteiger partial charge is 0.147 e. The number of piperidine rings is 1. The number of H-pyrrole nitrogens is 1. The van der Waals surface area contributed by atoms with Crippen LogP contribution in [0.2, 0.25) is 0 Å². The number of anilines is 1. The van der Waals surface area contributed by atoms with Gasteiger partial charge in [-0.25, -0.2) is 4.39 Å². The largest absolute Gasteiger partial charge is 0.391 e. The molecule has 0 saturated carbocycles. The Kier molecular flexibility index (Phi) is 3.18. The number of rotatable bonds is 1. The number of aromatic nitrogens is 1.